The monoisotopic (exact) mass is 337 g/mol. The minimum absolute atomic E-state index is 0.0462. The van der Waals surface area contributed by atoms with Crippen LogP contribution < -0.4 is 0 Å². The summed E-state index contributed by atoms with van der Waals surface area (Å²) in [5.41, 5.74) is 0. The van der Waals surface area contributed by atoms with Gasteiger partial charge in [-0.15, -0.1) is 0 Å². The van der Waals surface area contributed by atoms with E-state index in [4.69, 9.17) is 0 Å². The molecule has 3 rings (SSSR count). The van der Waals surface area contributed by atoms with E-state index in [1.807, 2.05) is 11.9 Å². The van der Waals surface area contributed by atoms with Crippen molar-refractivity contribution in [3.05, 3.63) is 30.3 Å². The van der Waals surface area contributed by atoms with Crippen LogP contribution in [0.3, 0.4) is 0 Å². The molecule has 0 spiro atoms. The maximum atomic E-state index is 12.8. The van der Waals surface area contributed by atoms with Crippen molar-refractivity contribution in [3.8, 4) is 0 Å². The van der Waals surface area contributed by atoms with E-state index in [-0.39, 0.29) is 10.8 Å². The Kier molecular flexibility index (Phi) is 4.70. The van der Waals surface area contributed by atoms with Gasteiger partial charge in [0.2, 0.25) is 15.9 Å². The second-order valence-corrected chi connectivity index (χ2v) is 8.11. The number of hydrogen-bond acceptors (Lipinski definition) is 4. The van der Waals surface area contributed by atoms with Crippen LogP contribution in [0.4, 0.5) is 0 Å². The third kappa shape index (κ3) is 3.27. The summed E-state index contributed by atoms with van der Waals surface area (Å²) < 4.78 is 27.1. The molecule has 7 heteroatoms. The fraction of sp³-hybridized carbons (Fsp3) is 0.562. The van der Waals surface area contributed by atoms with Gasteiger partial charge in [-0.3, -0.25) is 4.79 Å². The molecule has 0 radical (unpaired) electrons. The van der Waals surface area contributed by atoms with E-state index in [1.54, 1.807) is 30.3 Å². The number of piperazine rings is 1. The number of carbonyl (C=O) groups is 1. The number of hydrogen-bond donors (Lipinski definition) is 0. The quantitative estimate of drug-likeness (QED) is 0.811. The molecule has 2 fully saturated rings. The minimum atomic E-state index is -3.61. The Hall–Kier alpha value is -1.44. The Labute approximate surface area is 137 Å². The average molecular weight is 337 g/mol. The van der Waals surface area contributed by atoms with Gasteiger partial charge in [0, 0.05) is 32.7 Å². The van der Waals surface area contributed by atoms with Crippen molar-refractivity contribution >= 4 is 15.9 Å². The highest BCUT2D eigenvalue weighted by molar-refractivity contribution is 7.89. The fourth-order valence-electron chi connectivity index (χ4n) is 3.24. The SMILES string of the molecule is CN1CCN(C(=O)[C@H]2CCCN2S(=O)(=O)c2ccccc2)CC1. The van der Waals surface area contributed by atoms with Crippen LogP contribution in [0.25, 0.3) is 0 Å². The van der Waals surface area contributed by atoms with Crippen molar-refractivity contribution < 1.29 is 13.2 Å². The van der Waals surface area contributed by atoms with Gasteiger partial charge in [-0.05, 0) is 32.0 Å². The van der Waals surface area contributed by atoms with Gasteiger partial charge in [0.1, 0.15) is 6.04 Å². The lowest BCUT2D eigenvalue weighted by Gasteiger charge is -2.35. The van der Waals surface area contributed by atoms with Gasteiger partial charge in [-0.1, -0.05) is 18.2 Å². The largest absolute Gasteiger partial charge is 0.339 e. The molecule has 6 nitrogen and oxygen atoms in total. The lowest BCUT2D eigenvalue weighted by Crippen LogP contribution is -2.53. The molecule has 0 saturated carbocycles. The van der Waals surface area contributed by atoms with E-state index in [0.29, 0.717) is 26.1 Å². The summed E-state index contributed by atoms with van der Waals surface area (Å²) in [4.78, 5) is 17.0. The number of benzene rings is 1. The maximum Gasteiger partial charge on any atom is 0.243 e. The first-order chi connectivity index (χ1) is 11.0. The zero-order valence-corrected chi connectivity index (χ0v) is 14.2. The zero-order chi connectivity index (χ0) is 16.4. The smallest absolute Gasteiger partial charge is 0.243 e. The fourth-order valence-corrected chi connectivity index (χ4v) is 4.91. The van der Waals surface area contributed by atoms with Gasteiger partial charge < -0.3 is 9.80 Å². The van der Waals surface area contributed by atoms with E-state index >= 15 is 0 Å². The van der Waals surface area contributed by atoms with E-state index < -0.39 is 16.1 Å². The van der Waals surface area contributed by atoms with Crippen LogP contribution in [0.15, 0.2) is 35.2 Å². The van der Waals surface area contributed by atoms with Crippen LogP contribution in [0, 0.1) is 0 Å². The van der Waals surface area contributed by atoms with Crippen molar-refractivity contribution in [2.24, 2.45) is 0 Å². The number of nitrogens with zero attached hydrogens (tertiary/aromatic N) is 3. The highest BCUT2D eigenvalue weighted by Gasteiger charge is 2.41. The molecule has 2 saturated heterocycles. The molecule has 0 bridgehead atoms. The Balaban J connectivity index is 1.79. The summed E-state index contributed by atoms with van der Waals surface area (Å²) in [6.45, 7) is 3.44. The Morgan fingerprint density at radius 2 is 1.70 bits per heavy atom. The summed E-state index contributed by atoms with van der Waals surface area (Å²) >= 11 is 0. The third-order valence-electron chi connectivity index (χ3n) is 4.65. The number of rotatable bonds is 3. The normalized spacial score (nSPS) is 24.0. The van der Waals surface area contributed by atoms with Crippen LogP contribution >= 0.6 is 0 Å². The molecular formula is C16H23N3O3S. The lowest BCUT2D eigenvalue weighted by molar-refractivity contribution is -0.136. The van der Waals surface area contributed by atoms with Crippen LogP contribution in [-0.4, -0.2) is 74.2 Å². The molecule has 2 aliphatic heterocycles. The highest BCUT2D eigenvalue weighted by atomic mass is 32.2. The van der Waals surface area contributed by atoms with Gasteiger partial charge in [0.25, 0.3) is 0 Å². The first-order valence-corrected chi connectivity index (χ1v) is 9.48. The standard InChI is InChI=1S/C16H23N3O3S/c1-17-10-12-18(13-11-17)16(20)15-8-5-9-19(15)23(21,22)14-6-3-2-4-7-14/h2-4,6-7,15H,5,8-13H2,1H3/t15-/m1/s1. The molecule has 1 atom stereocenters. The van der Waals surface area contributed by atoms with Crippen LogP contribution in [0.1, 0.15) is 12.8 Å². The van der Waals surface area contributed by atoms with Crippen LogP contribution in [-0.2, 0) is 14.8 Å². The molecule has 0 aromatic heterocycles. The van der Waals surface area contributed by atoms with Crippen molar-refractivity contribution in [1.82, 2.24) is 14.1 Å². The Bertz CT molecular complexity index is 654. The third-order valence-corrected chi connectivity index (χ3v) is 6.58. The Morgan fingerprint density at radius 1 is 1.04 bits per heavy atom. The van der Waals surface area contributed by atoms with E-state index in [9.17, 15) is 13.2 Å². The van der Waals surface area contributed by atoms with Gasteiger partial charge in [-0.25, -0.2) is 8.42 Å². The summed E-state index contributed by atoms with van der Waals surface area (Å²) in [6, 6.07) is 7.83. The van der Waals surface area contributed by atoms with Gasteiger partial charge in [0.05, 0.1) is 4.90 Å². The maximum absolute atomic E-state index is 12.8. The first-order valence-electron chi connectivity index (χ1n) is 8.04. The molecule has 0 N–H and O–H groups in total. The van der Waals surface area contributed by atoms with Gasteiger partial charge >= 0.3 is 0 Å². The molecule has 0 unspecified atom stereocenters. The van der Waals surface area contributed by atoms with E-state index in [0.717, 1.165) is 19.5 Å². The van der Waals surface area contributed by atoms with Gasteiger partial charge in [0.15, 0.2) is 0 Å². The molecule has 2 heterocycles. The molecule has 2 aliphatic rings. The van der Waals surface area contributed by atoms with Crippen LogP contribution in [0.2, 0.25) is 0 Å². The molecule has 1 aromatic rings. The molecule has 0 aliphatic carbocycles. The second-order valence-electron chi connectivity index (χ2n) is 6.22. The lowest BCUT2D eigenvalue weighted by atomic mass is 10.2. The van der Waals surface area contributed by atoms with Crippen molar-refractivity contribution in [1.29, 1.82) is 0 Å². The molecule has 126 valence electrons. The predicted octanol–water partition coefficient (Wildman–Crippen LogP) is 0.614. The summed E-state index contributed by atoms with van der Waals surface area (Å²) in [5.74, 6) is -0.0462. The van der Waals surface area contributed by atoms with Crippen molar-refractivity contribution in [2.45, 2.75) is 23.8 Å². The zero-order valence-electron chi connectivity index (χ0n) is 13.4. The number of sulfonamides is 1. The molecule has 1 aromatic carbocycles. The minimum Gasteiger partial charge on any atom is -0.339 e. The first kappa shape index (κ1) is 16.4. The van der Waals surface area contributed by atoms with E-state index in [2.05, 4.69) is 4.90 Å². The number of carbonyl (C=O) groups excluding carboxylic acids is 1. The topological polar surface area (TPSA) is 60.9 Å². The number of amides is 1. The second kappa shape index (κ2) is 6.59. The summed E-state index contributed by atoms with van der Waals surface area (Å²) in [6.07, 6.45) is 1.34. The highest BCUT2D eigenvalue weighted by Crippen LogP contribution is 2.27. The van der Waals surface area contributed by atoms with E-state index in [1.165, 1.54) is 4.31 Å². The van der Waals surface area contributed by atoms with Crippen LogP contribution in [0.5, 0.6) is 0 Å². The molecule has 23 heavy (non-hydrogen) atoms. The average Bonchev–Trinajstić information content (AvgIpc) is 3.06. The predicted molar refractivity (Wildman–Crippen MR) is 87.4 cm³/mol. The van der Waals surface area contributed by atoms with Gasteiger partial charge in [-0.2, -0.15) is 4.31 Å². The number of likely N-dealkylation sites (N-methyl/N-ethyl adjacent to an activating group) is 1. The molecule has 1 amide bonds. The summed E-state index contributed by atoms with van der Waals surface area (Å²) in [5, 5.41) is 0. The van der Waals surface area contributed by atoms with Crippen molar-refractivity contribution in [3.63, 3.8) is 0 Å². The molecular weight excluding hydrogens is 314 g/mol. The Morgan fingerprint density at radius 3 is 2.35 bits per heavy atom. The van der Waals surface area contributed by atoms with Crippen molar-refractivity contribution in [2.75, 3.05) is 39.8 Å². The summed E-state index contributed by atoms with van der Waals surface area (Å²) in [7, 11) is -1.58.